The molecule has 3 rings (SSSR count). The van der Waals surface area contributed by atoms with Crippen LogP contribution in [0.5, 0.6) is 5.75 Å². The van der Waals surface area contributed by atoms with E-state index in [0.717, 1.165) is 0 Å². The van der Waals surface area contributed by atoms with Crippen LogP contribution in [0.25, 0.3) is 0 Å². The summed E-state index contributed by atoms with van der Waals surface area (Å²) in [5.74, 6) is 0.446. The van der Waals surface area contributed by atoms with Gasteiger partial charge in [-0.3, -0.25) is 10.2 Å². The number of nitrogens with zero attached hydrogens (tertiary/aromatic N) is 3. The van der Waals surface area contributed by atoms with E-state index < -0.39 is 0 Å². The summed E-state index contributed by atoms with van der Waals surface area (Å²) in [5, 5.41) is 6.68. The van der Waals surface area contributed by atoms with Crippen molar-refractivity contribution in [2.24, 2.45) is 0 Å². The molecule has 0 saturated carbocycles. The van der Waals surface area contributed by atoms with Crippen LogP contribution in [0.3, 0.4) is 0 Å². The minimum absolute atomic E-state index is 0.215. The Morgan fingerprint density at radius 1 is 1.26 bits per heavy atom. The van der Waals surface area contributed by atoms with Gasteiger partial charge < -0.3 is 9.47 Å². The zero-order valence-corrected chi connectivity index (χ0v) is 13.2. The highest BCUT2D eigenvalue weighted by Gasteiger charge is 2.16. The fourth-order valence-electron chi connectivity index (χ4n) is 2.10. The second-order valence-corrected chi connectivity index (χ2v) is 5.44. The zero-order chi connectivity index (χ0) is 16.1. The smallest absolute Gasteiger partial charge is 0.286 e. The fraction of sp³-hybridized carbons (Fsp3) is 0.333. The molecule has 1 aliphatic rings. The van der Waals surface area contributed by atoms with Crippen molar-refractivity contribution in [3.8, 4) is 5.75 Å². The predicted molar refractivity (Wildman–Crippen MR) is 84.2 cm³/mol. The maximum absolute atomic E-state index is 12.1. The number of morpholine rings is 1. The van der Waals surface area contributed by atoms with Crippen LogP contribution in [0.15, 0.2) is 36.5 Å². The first-order valence-corrected chi connectivity index (χ1v) is 7.64. The molecule has 23 heavy (non-hydrogen) atoms. The molecule has 1 N–H and O–H groups in total. The summed E-state index contributed by atoms with van der Waals surface area (Å²) >= 11 is 5.82. The molecule has 1 amide bonds. The molecule has 1 aromatic heterocycles. The van der Waals surface area contributed by atoms with E-state index >= 15 is 0 Å². The van der Waals surface area contributed by atoms with Gasteiger partial charge in [-0.05, 0) is 30.3 Å². The first kappa shape index (κ1) is 15.8. The van der Waals surface area contributed by atoms with Gasteiger partial charge in [0.05, 0.1) is 13.2 Å². The third kappa shape index (κ3) is 4.44. The topological polar surface area (TPSA) is 68.6 Å². The minimum Gasteiger partial charge on any atom is -0.471 e. The number of carbonyl (C=O) groups is 1. The average molecular weight is 337 g/mol. The van der Waals surface area contributed by atoms with Gasteiger partial charge in [0.15, 0.2) is 12.4 Å². The molecule has 0 bridgehead atoms. The third-order valence-electron chi connectivity index (χ3n) is 3.32. The van der Waals surface area contributed by atoms with Gasteiger partial charge in [0.2, 0.25) is 0 Å². The molecule has 2 aromatic rings. The average Bonchev–Trinajstić information content (AvgIpc) is 3.04. The Hall–Kier alpha value is -2.09. The van der Waals surface area contributed by atoms with E-state index in [1.54, 1.807) is 41.2 Å². The normalized spacial score (nSPS) is 15.3. The standard InChI is InChI=1S/C15H17ClN4O3/c16-12-1-3-13(4-2-12)23-11-20-6-5-14(17-20)15(21)18-19-7-9-22-10-8-19/h1-6H,7-11H2,(H,18,21). The molecule has 0 unspecified atom stereocenters. The molecule has 1 aliphatic heterocycles. The second kappa shape index (κ2) is 7.45. The molecule has 1 saturated heterocycles. The Morgan fingerprint density at radius 3 is 2.74 bits per heavy atom. The number of nitrogens with one attached hydrogen (secondary N) is 1. The molecular formula is C15H17ClN4O3. The van der Waals surface area contributed by atoms with Crippen molar-refractivity contribution in [1.82, 2.24) is 20.2 Å². The fourth-order valence-corrected chi connectivity index (χ4v) is 2.23. The summed E-state index contributed by atoms with van der Waals surface area (Å²) in [4.78, 5) is 12.1. The lowest BCUT2D eigenvalue weighted by atomic mass is 10.3. The van der Waals surface area contributed by atoms with E-state index in [1.807, 2.05) is 5.01 Å². The summed E-state index contributed by atoms with van der Waals surface area (Å²) in [7, 11) is 0. The lowest BCUT2D eigenvalue weighted by Gasteiger charge is -2.26. The van der Waals surface area contributed by atoms with Crippen molar-refractivity contribution in [1.29, 1.82) is 0 Å². The molecule has 0 atom stereocenters. The maximum atomic E-state index is 12.1. The molecule has 0 radical (unpaired) electrons. The van der Waals surface area contributed by atoms with Crippen LogP contribution in [0.2, 0.25) is 5.02 Å². The van der Waals surface area contributed by atoms with Gasteiger partial charge in [0.1, 0.15) is 5.75 Å². The number of hydrogen-bond acceptors (Lipinski definition) is 5. The van der Waals surface area contributed by atoms with Crippen LogP contribution in [0.4, 0.5) is 0 Å². The summed E-state index contributed by atoms with van der Waals surface area (Å²) in [6.45, 7) is 2.79. The Labute approximate surface area is 138 Å². The van der Waals surface area contributed by atoms with Gasteiger partial charge in [0.25, 0.3) is 5.91 Å². The van der Waals surface area contributed by atoms with Crippen molar-refractivity contribution < 1.29 is 14.3 Å². The Kier molecular flexibility index (Phi) is 5.12. The SMILES string of the molecule is O=C(NN1CCOCC1)c1ccn(COc2ccc(Cl)cc2)n1. The molecule has 1 fully saturated rings. The molecule has 1 aromatic carbocycles. The van der Waals surface area contributed by atoms with Crippen molar-refractivity contribution >= 4 is 17.5 Å². The predicted octanol–water partition coefficient (Wildman–Crippen LogP) is 1.55. The number of ether oxygens (including phenoxy) is 2. The number of rotatable bonds is 5. The first-order chi connectivity index (χ1) is 11.2. The van der Waals surface area contributed by atoms with E-state index in [2.05, 4.69) is 10.5 Å². The summed E-state index contributed by atoms with van der Waals surface area (Å²) in [6.07, 6.45) is 1.70. The van der Waals surface area contributed by atoms with Crippen molar-refractivity contribution in [2.75, 3.05) is 26.3 Å². The molecule has 122 valence electrons. The van der Waals surface area contributed by atoms with Gasteiger partial charge in [-0.2, -0.15) is 5.10 Å². The minimum atomic E-state index is -0.239. The Morgan fingerprint density at radius 2 is 2.00 bits per heavy atom. The lowest BCUT2D eigenvalue weighted by molar-refractivity contribution is 0.0124. The number of benzene rings is 1. The van der Waals surface area contributed by atoms with Crippen LogP contribution in [0.1, 0.15) is 10.5 Å². The molecular weight excluding hydrogens is 320 g/mol. The van der Waals surface area contributed by atoms with E-state index in [1.165, 1.54) is 0 Å². The number of hydrazine groups is 1. The summed E-state index contributed by atoms with van der Waals surface area (Å²) in [6, 6.07) is 8.71. The number of carbonyl (C=O) groups excluding carboxylic acids is 1. The second-order valence-electron chi connectivity index (χ2n) is 5.01. The van der Waals surface area contributed by atoms with Gasteiger partial charge >= 0.3 is 0 Å². The van der Waals surface area contributed by atoms with E-state index in [0.29, 0.717) is 42.8 Å². The molecule has 2 heterocycles. The van der Waals surface area contributed by atoms with Gasteiger partial charge in [-0.25, -0.2) is 9.69 Å². The quantitative estimate of drug-likeness (QED) is 0.897. The van der Waals surface area contributed by atoms with Crippen LogP contribution in [0, 0.1) is 0 Å². The highest BCUT2D eigenvalue weighted by molar-refractivity contribution is 6.30. The van der Waals surface area contributed by atoms with E-state index in [-0.39, 0.29) is 12.6 Å². The van der Waals surface area contributed by atoms with E-state index in [4.69, 9.17) is 21.1 Å². The number of aromatic nitrogens is 2. The largest absolute Gasteiger partial charge is 0.471 e. The number of amides is 1. The molecule has 8 heteroatoms. The van der Waals surface area contributed by atoms with Crippen LogP contribution in [-0.4, -0.2) is 47.0 Å². The molecule has 0 spiro atoms. The number of hydrogen-bond donors (Lipinski definition) is 1. The van der Waals surface area contributed by atoms with Crippen molar-refractivity contribution in [2.45, 2.75) is 6.73 Å². The lowest BCUT2D eigenvalue weighted by Crippen LogP contribution is -2.48. The van der Waals surface area contributed by atoms with Crippen molar-refractivity contribution in [3.63, 3.8) is 0 Å². The van der Waals surface area contributed by atoms with E-state index in [9.17, 15) is 4.79 Å². The third-order valence-corrected chi connectivity index (χ3v) is 3.57. The van der Waals surface area contributed by atoms with Crippen LogP contribution >= 0.6 is 11.6 Å². The first-order valence-electron chi connectivity index (χ1n) is 7.26. The maximum Gasteiger partial charge on any atom is 0.286 e. The molecule has 0 aliphatic carbocycles. The zero-order valence-electron chi connectivity index (χ0n) is 12.4. The van der Waals surface area contributed by atoms with Crippen LogP contribution in [-0.2, 0) is 11.5 Å². The molecule has 7 nitrogen and oxygen atoms in total. The number of halogens is 1. The Balaban J connectivity index is 1.52. The van der Waals surface area contributed by atoms with Crippen LogP contribution < -0.4 is 10.2 Å². The van der Waals surface area contributed by atoms with Gasteiger partial charge in [-0.15, -0.1) is 0 Å². The van der Waals surface area contributed by atoms with Gasteiger partial charge in [-0.1, -0.05) is 11.6 Å². The highest BCUT2D eigenvalue weighted by atomic mass is 35.5. The monoisotopic (exact) mass is 336 g/mol. The van der Waals surface area contributed by atoms with Crippen molar-refractivity contribution in [3.05, 3.63) is 47.2 Å². The van der Waals surface area contributed by atoms with Gasteiger partial charge in [0, 0.05) is 24.3 Å². The highest BCUT2D eigenvalue weighted by Crippen LogP contribution is 2.15. The summed E-state index contributed by atoms with van der Waals surface area (Å²) in [5.41, 5.74) is 3.16. The Bertz CT molecular complexity index is 653. The summed E-state index contributed by atoms with van der Waals surface area (Å²) < 4.78 is 12.4.